The molecule has 0 radical (unpaired) electrons. The molecule has 0 saturated carbocycles. The average molecular weight is 471 g/mol. The van der Waals surface area contributed by atoms with E-state index in [4.69, 9.17) is 9.15 Å². The first kappa shape index (κ1) is 22.5. The maximum Gasteiger partial charge on any atom is 0.233 e. The number of hydrogen-bond donors (Lipinski definition) is 1. The summed E-state index contributed by atoms with van der Waals surface area (Å²) in [5, 5.41) is 19.9. The number of hydrogen-bond acceptors (Lipinski definition) is 8. The molecule has 35 heavy (non-hydrogen) atoms. The number of aromatic nitrogens is 4. The SMILES string of the molecule is O=C(NCCOc1ccc(-c2ccco2)nn1)C1CCN(c2ccc(-c3ccccc3)nn2)CC1. The number of amides is 1. The van der Waals surface area contributed by atoms with Crippen molar-refractivity contribution in [2.24, 2.45) is 5.92 Å². The molecule has 1 fully saturated rings. The average Bonchev–Trinajstić information content (AvgIpc) is 3.47. The second kappa shape index (κ2) is 10.8. The molecule has 1 aliphatic rings. The Balaban J connectivity index is 1.03. The Hall–Kier alpha value is -4.27. The van der Waals surface area contributed by atoms with Crippen LogP contribution in [0.3, 0.4) is 0 Å². The van der Waals surface area contributed by atoms with Crippen molar-refractivity contribution in [3.05, 3.63) is 73.0 Å². The highest BCUT2D eigenvalue weighted by Crippen LogP contribution is 2.23. The van der Waals surface area contributed by atoms with Crippen LogP contribution < -0.4 is 15.0 Å². The quantitative estimate of drug-likeness (QED) is 0.389. The molecule has 0 bridgehead atoms. The van der Waals surface area contributed by atoms with Gasteiger partial charge in [0.05, 0.1) is 18.5 Å². The van der Waals surface area contributed by atoms with Crippen LogP contribution in [0.1, 0.15) is 12.8 Å². The minimum absolute atomic E-state index is 0.0184. The zero-order valence-electron chi connectivity index (χ0n) is 19.2. The van der Waals surface area contributed by atoms with Gasteiger partial charge in [-0.1, -0.05) is 30.3 Å². The van der Waals surface area contributed by atoms with Crippen LogP contribution in [0.4, 0.5) is 5.82 Å². The summed E-state index contributed by atoms with van der Waals surface area (Å²) in [6.07, 6.45) is 3.13. The van der Waals surface area contributed by atoms with Crippen molar-refractivity contribution in [2.75, 3.05) is 31.1 Å². The van der Waals surface area contributed by atoms with Crippen LogP contribution in [0.2, 0.25) is 0 Å². The minimum atomic E-state index is -0.0184. The summed E-state index contributed by atoms with van der Waals surface area (Å²) in [6.45, 7) is 2.27. The first-order valence-corrected chi connectivity index (χ1v) is 11.7. The summed E-state index contributed by atoms with van der Waals surface area (Å²) in [4.78, 5) is 14.8. The van der Waals surface area contributed by atoms with E-state index >= 15 is 0 Å². The van der Waals surface area contributed by atoms with Gasteiger partial charge in [-0.15, -0.1) is 20.4 Å². The number of rotatable bonds is 8. The molecule has 3 aromatic heterocycles. The van der Waals surface area contributed by atoms with E-state index in [9.17, 15) is 4.79 Å². The normalized spacial score (nSPS) is 14.0. The van der Waals surface area contributed by atoms with Gasteiger partial charge in [0.15, 0.2) is 11.6 Å². The van der Waals surface area contributed by atoms with E-state index in [1.54, 1.807) is 24.5 Å². The number of nitrogens with zero attached hydrogens (tertiary/aromatic N) is 5. The number of carbonyl (C=O) groups is 1. The standard InChI is InChI=1S/C26H26N6O3/c33-26(27-14-18-35-25-11-9-22(29-31-25)23-7-4-17-34-23)20-12-15-32(16-13-20)24-10-8-21(28-30-24)19-5-2-1-3-6-19/h1-11,17,20H,12-16,18H2,(H,27,33). The molecule has 1 amide bonds. The molecule has 0 aliphatic carbocycles. The van der Waals surface area contributed by atoms with Gasteiger partial charge in [-0.2, -0.15) is 0 Å². The third-order valence-corrected chi connectivity index (χ3v) is 5.97. The number of anilines is 1. The van der Waals surface area contributed by atoms with Gasteiger partial charge >= 0.3 is 0 Å². The minimum Gasteiger partial charge on any atom is -0.475 e. The Morgan fingerprint density at radius 3 is 2.40 bits per heavy atom. The summed E-state index contributed by atoms with van der Waals surface area (Å²) < 4.78 is 10.9. The Kier molecular flexibility index (Phi) is 6.93. The number of piperidine rings is 1. The Labute approximate surface area is 203 Å². The Morgan fingerprint density at radius 2 is 1.71 bits per heavy atom. The predicted octanol–water partition coefficient (Wildman–Crippen LogP) is 3.61. The molecule has 5 rings (SSSR count). The predicted molar refractivity (Wildman–Crippen MR) is 131 cm³/mol. The zero-order chi connectivity index (χ0) is 23.9. The van der Waals surface area contributed by atoms with E-state index in [2.05, 4.69) is 30.6 Å². The summed E-state index contributed by atoms with van der Waals surface area (Å²) in [5.74, 6) is 1.94. The van der Waals surface area contributed by atoms with E-state index in [1.807, 2.05) is 48.5 Å². The molecule has 1 saturated heterocycles. The number of ether oxygens (including phenoxy) is 1. The monoisotopic (exact) mass is 470 g/mol. The van der Waals surface area contributed by atoms with Crippen molar-refractivity contribution in [1.29, 1.82) is 0 Å². The largest absolute Gasteiger partial charge is 0.475 e. The number of benzene rings is 1. The van der Waals surface area contributed by atoms with Crippen LogP contribution in [0, 0.1) is 5.92 Å². The third-order valence-electron chi connectivity index (χ3n) is 5.97. The molecule has 4 aromatic rings. The van der Waals surface area contributed by atoms with E-state index in [0.717, 1.165) is 43.0 Å². The lowest BCUT2D eigenvalue weighted by molar-refractivity contribution is -0.125. The summed E-state index contributed by atoms with van der Waals surface area (Å²) >= 11 is 0. The topological polar surface area (TPSA) is 106 Å². The van der Waals surface area contributed by atoms with Crippen molar-refractivity contribution < 1.29 is 13.9 Å². The van der Waals surface area contributed by atoms with Crippen LogP contribution in [-0.4, -0.2) is 52.5 Å². The Morgan fingerprint density at radius 1 is 0.914 bits per heavy atom. The molecule has 0 atom stereocenters. The van der Waals surface area contributed by atoms with Gasteiger partial charge in [0, 0.05) is 30.6 Å². The van der Waals surface area contributed by atoms with Crippen LogP contribution in [0.5, 0.6) is 5.88 Å². The first-order valence-electron chi connectivity index (χ1n) is 11.7. The fourth-order valence-corrected chi connectivity index (χ4v) is 4.05. The molecule has 9 heteroatoms. The summed E-state index contributed by atoms with van der Waals surface area (Å²) in [7, 11) is 0. The fourth-order valence-electron chi connectivity index (χ4n) is 4.05. The van der Waals surface area contributed by atoms with Crippen molar-refractivity contribution in [1.82, 2.24) is 25.7 Å². The van der Waals surface area contributed by atoms with Gasteiger partial charge in [-0.25, -0.2) is 0 Å². The van der Waals surface area contributed by atoms with Gasteiger partial charge in [-0.05, 0) is 43.2 Å². The van der Waals surface area contributed by atoms with Gasteiger partial charge in [0.25, 0.3) is 0 Å². The first-order chi connectivity index (χ1) is 17.3. The lowest BCUT2D eigenvalue weighted by Gasteiger charge is -2.31. The smallest absolute Gasteiger partial charge is 0.233 e. The highest BCUT2D eigenvalue weighted by molar-refractivity contribution is 5.79. The zero-order valence-corrected chi connectivity index (χ0v) is 19.2. The van der Waals surface area contributed by atoms with Gasteiger partial charge < -0.3 is 19.4 Å². The molecule has 1 aromatic carbocycles. The van der Waals surface area contributed by atoms with Crippen LogP contribution >= 0.6 is 0 Å². The van der Waals surface area contributed by atoms with Crippen molar-refractivity contribution >= 4 is 11.7 Å². The fraction of sp³-hybridized carbons (Fsp3) is 0.269. The van der Waals surface area contributed by atoms with Crippen molar-refractivity contribution in [3.63, 3.8) is 0 Å². The van der Waals surface area contributed by atoms with Gasteiger partial charge in [0.2, 0.25) is 11.8 Å². The molecular weight excluding hydrogens is 444 g/mol. The van der Waals surface area contributed by atoms with Crippen molar-refractivity contribution in [2.45, 2.75) is 12.8 Å². The van der Waals surface area contributed by atoms with Gasteiger partial charge in [0.1, 0.15) is 12.3 Å². The molecule has 9 nitrogen and oxygen atoms in total. The molecule has 4 heterocycles. The molecule has 178 valence electrons. The number of furan rings is 1. The van der Waals surface area contributed by atoms with E-state index < -0.39 is 0 Å². The van der Waals surface area contributed by atoms with Gasteiger partial charge in [-0.3, -0.25) is 4.79 Å². The molecular formula is C26H26N6O3. The maximum atomic E-state index is 12.6. The molecule has 1 aliphatic heterocycles. The third kappa shape index (κ3) is 5.63. The second-order valence-corrected chi connectivity index (χ2v) is 8.28. The second-order valence-electron chi connectivity index (χ2n) is 8.28. The number of nitrogens with one attached hydrogen (secondary N) is 1. The van der Waals surface area contributed by atoms with Crippen molar-refractivity contribution in [3.8, 4) is 28.6 Å². The van der Waals surface area contributed by atoms with Crippen LogP contribution in [0.15, 0.2) is 77.4 Å². The molecule has 0 unspecified atom stereocenters. The number of carbonyl (C=O) groups excluding carboxylic acids is 1. The lowest BCUT2D eigenvalue weighted by Crippen LogP contribution is -2.41. The highest BCUT2D eigenvalue weighted by Gasteiger charge is 2.25. The van der Waals surface area contributed by atoms with E-state index in [1.165, 1.54) is 0 Å². The van der Waals surface area contributed by atoms with Crippen LogP contribution in [0.25, 0.3) is 22.7 Å². The Bertz CT molecular complexity index is 1210. The lowest BCUT2D eigenvalue weighted by atomic mass is 9.96. The van der Waals surface area contributed by atoms with E-state index in [0.29, 0.717) is 30.5 Å². The maximum absolute atomic E-state index is 12.6. The molecule has 1 N–H and O–H groups in total. The van der Waals surface area contributed by atoms with E-state index in [-0.39, 0.29) is 11.8 Å². The van der Waals surface area contributed by atoms with Crippen LogP contribution in [-0.2, 0) is 4.79 Å². The molecule has 0 spiro atoms. The summed E-state index contributed by atoms with van der Waals surface area (Å²) in [6, 6.07) is 21.1. The highest BCUT2D eigenvalue weighted by atomic mass is 16.5. The summed E-state index contributed by atoms with van der Waals surface area (Å²) in [5.41, 5.74) is 2.54.